The van der Waals surface area contributed by atoms with E-state index < -0.39 is 25.2 Å². The molecule has 0 fully saturated rings. The molecular weight excluding hydrogens is 500 g/mol. The molecule has 2 aromatic carbocycles. The molecule has 3 rings (SSSR count). The Bertz CT molecular complexity index is 1150. The van der Waals surface area contributed by atoms with Crippen LogP contribution in [0.2, 0.25) is 0 Å². The first-order chi connectivity index (χ1) is 18.1. The summed E-state index contributed by atoms with van der Waals surface area (Å²) in [4.78, 5) is 0. The van der Waals surface area contributed by atoms with E-state index in [2.05, 4.69) is 34.7 Å². The molecule has 3 N–H and O–H groups in total. The van der Waals surface area contributed by atoms with E-state index in [-0.39, 0.29) is 17.4 Å². The Morgan fingerprint density at radius 3 is 2.32 bits per heavy atom. The summed E-state index contributed by atoms with van der Waals surface area (Å²) >= 11 is 0. The number of nitrogens with zero attached hydrogens (tertiary/aromatic N) is 2. The average Bonchev–Trinajstić information content (AvgIpc) is 3.36. The molecule has 1 atom stereocenters. The van der Waals surface area contributed by atoms with E-state index in [1.807, 2.05) is 50.7 Å². The summed E-state index contributed by atoms with van der Waals surface area (Å²) in [7, 11) is 1.30. The van der Waals surface area contributed by atoms with Crippen molar-refractivity contribution in [3.05, 3.63) is 84.5 Å². The van der Waals surface area contributed by atoms with Crippen LogP contribution < -0.4 is 5.32 Å². The first-order valence-electron chi connectivity index (χ1n) is 12.1. The van der Waals surface area contributed by atoms with Crippen molar-refractivity contribution in [2.45, 2.75) is 46.6 Å². The number of rotatable bonds is 8. The number of ether oxygens (including phenoxy) is 1. The van der Waals surface area contributed by atoms with Gasteiger partial charge in [-0.2, -0.15) is 5.10 Å². The number of hydrogen-bond donors (Lipinski definition) is 3. The highest BCUT2D eigenvalue weighted by molar-refractivity contribution is 5.85. The topological polar surface area (TPSA) is 83.2 Å². The molecule has 38 heavy (non-hydrogen) atoms. The number of hydrogen-bond acceptors (Lipinski definition) is 5. The molecule has 0 saturated carbocycles. The molecule has 10 heteroatoms. The Morgan fingerprint density at radius 1 is 1.16 bits per heavy atom. The summed E-state index contributed by atoms with van der Waals surface area (Å²) in [6.45, 7) is 11.0. The Balaban J connectivity index is 0.000000637. The second-order valence-corrected chi connectivity index (χ2v) is 7.31. The van der Waals surface area contributed by atoms with Crippen molar-refractivity contribution < 1.29 is 27.4 Å². The first kappa shape index (κ1) is 34.3. The van der Waals surface area contributed by atoms with Gasteiger partial charge in [0.15, 0.2) is 6.67 Å². The van der Waals surface area contributed by atoms with Gasteiger partial charge >= 0.3 is 5.92 Å². The van der Waals surface area contributed by atoms with Crippen molar-refractivity contribution in [1.29, 1.82) is 5.41 Å². The quantitative estimate of drug-likeness (QED) is 0.128. The number of benzene rings is 2. The van der Waals surface area contributed by atoms with Crippen LogP contribution in [0.5, 0.6) is 0 Å². The summed E-state index contributed by atoms with van der Waals surface area (Å²) in [6.07, 6.45) is 2.24. The highest BCUT2D eigenvalue weighted by Crippen LogP contribution is 2.20. The standard InChI is InChI=1S/C14H11FN2.C10H15F3N2O2.2C2H6/c1-10-2-7-14-11(8-10)9-16-17(14)13-5-3-12(15)4-6-13;1-7(3-4-9(14)17-2)15-5-8(16)10(12,13)6-11;2*1-2/h2-9H,1H3;3-4,8,14-16H,1,5-6H2,2H3;2*1-2H3/b;4-3-,14-9?;;. The molecule has 210 valence electrons. The predicted molar refractivity (Wildman–Crippen MR) is 146 cm³/mol. The van der Waals surface area contributed by atoms with Gasteiger partial charge in [0.2, 0.25) is 5.90 Å². The van der Waals surface area contributed by atoms with Crippen molar-refractivity contribution in [3.63, 3.8) is 0 Å². The summed E-state index contributed by atoms with van der Waals surface area (Å²) in [5.74, 6) is -4.15. The van der Waals surface area contributed by atoms with Crippen molar-refractivity contribution in [2.24, 2.45) is 0 Å². The fraction of sp³-hybridized carbons (Fsp3) is 0.357. The van der Waals surface area contributed by atoms with E-state index in [4.69, 9.17) is 10.5 Å². The smallest absolute Gasteiger partial charge is 0.302 e. The second-order valence-electron chi connectivity index (χ2n) is 7.31. The molecule has 0 spiro atoms. The molecule has 0 aliphatic carbocycles. The highest BCUT2D eigenvalue weighted by Gasteiger charge is 2.38. The zero-order valence-electron chi connectivity index (χ0n) is 22.7. The SMILES string of the molecule is C=C(/C=C\C(=N)OC)NCC(O)C(F)(F)CF.CC.CC.Cc1ccc2c(cnn2-c2ccc(F)cc2)c1. The van der Waals surface area contributed by atoms with E-state index in [0.717, 1.165) is 16.6 Å². The Hall–Kier alpha value is -3.66. The van der Waals surface area contributed by atoms with Crippen molar-refractivity contribution in [1.82, 2.24) is 15.1 Å². The van der Waals surface area contributed by atoms with Crippen LogP contribution in [-0.4, -0.2) is 53.1 Å². The number of aliphatic hydroxyl groups is 1. The van der Waals surface area contributed by atoms with Crippen LogP contribution in [0, 0.1) is 18.2 Å². The first-order valence-corrected chi connectivity index (χ1v) is 12.1. The molecule has 0 aliphatic heterocycles. The summed E-state index contributed by atoms with van der Waals surface area (Å²) in [5.41, 5.74) is 3.30. The summed E-state index contributed by atoms with van der Waals surface area (Å²) in [6, 6.07) is 12.5. The molecule has 6 nitrogen and oxygen atoms in total. The van der Waals surface area contributed by atoms with Gasteiger partial charge in [0.05, 0.1) is 24.5 Å². The lowest BCUT2D eigenvalue weighted by Crippen LogP contribution is -2.42. The fourth-order valence-electron chi connectivity index (χ4n) is 2.71. The third kappa shape index (κ3) is 11.2. The van der Waals surface area contributed by atoms with E-state index in [0.29, 0.717) is 0 Å². The number of halogens is 4. The number of allylic oxidation sites excluding steroid dienone is 1. The number of methoxy groups -OCH3 is 1. The number of fused-ring (bicyclic) bond motifs is 1. The zero-order chi connectivity index (χ0) is 29.3. The lowest BCUT2D eigenvalue weighted by Gasteiger charge is -2.20. The number of alkyl halides is 3. The molecule has 0 bridgehead atoms. The lowest BCUT2D eigenvalue weighted by atomic mass is 10.2. The largest absolute Gasteiger partial charge is 0.481 e. The normalized spacial score (nSPS) is 11.2. The van der Waals surface area contributed by atoms with Crippen molar-refractivity contribution in [2.75, 3.05) is 20.3 Å². The van der Waals surface area contributed by atoms with Gasteiger partial charge in [0.1, 0.15) is 11.9 Å². The Labute approximate surface area is 222 Å². The van der Waals surface area contributed by atoms with E-state index in [1.165, 1.54) is 37.0 Å². The Kier molecular flexibility index (Phi) is 16.0. The van der Waals surface area contributed by atoms with Crippen LogP contribution in [0.4, 0.5) is 17.6 Å². The van der Waals surface area contributed by atoms with Gasteiger partial charge < -0.3 is 15.2 Å². The maximum Gasteiger partial charge on any atom is 0.302 e. The molecule has 1 unspecified atom stereocenters. The summed E-state index contributed by atoms with van der Waals surface area (Å²) < 4.78 is 56.2. The van der Waals surface area contributed by atoms with Crippen LogP contribution in [0.15, 0.2) is 73.1 Å². The van der Waals surface area contributed by atoms with E-state index in [1.54, 1.807) is 12.1 Å². The van der Waals surface area contributed by atoms with Crippen molar-refractivity contribution in [3.8, 4) is 5.69 Å². The van der Waals surface area contributed by atoms with Gasteiger partial charge in [0, 0.05) is 23.7 Å². The zero-order valence-corrected chi connectivity index (χ0v) is 22.7. The molecule has 0 aliphatic rings. The van der Waals surface area contributed by atoms with E-state index >= 15 is 0 Å². The second kappa shape index (κ2) is 17.7. The third-order valence-electron chi connectivity index (χ3n) is 4.64. The van der Waals surface area contributed by atoms with Crippen LogP contribution >= 0.6 is 0 Å². The van der Waals surface area contributed by atoms with E-state index in [9.17, 15) is 17.6 Å². The number of aromatic nitrogens is 2. The Morgan fingerprint density at radius 2 is 1.76 bits per heavy atom. The third-order valence-corrected chi connectivity index (χ3v) is 4.64. The van der Waals surface area contributed by atoms with Crippen LogP contribution in [0.3, 0.4) is 0 Å². The maximum atomic E-state index is 12.9. The highest BCUT2D eigenvalue weighted by atomic mass is 19.3. The van der Waals surface area contributed by atoms with Crippen LogP contribution in [0.25, 0.3) is 16.6 Å². The van der Waals surface area contributed by atoms with Crippen LogP contribution in [0.1, 0.15) is 33.3 Å². The van der Waals surface area contributed by atoms with Crippen LogP contribution in [-0.2, 0) is 4.74 Å². The fourth-order valence-corrected chi connectivity index (χ4v) is 2.71. The molecule has 3 aromatic rings. The van der Waals surface area contributed by atoms with Gasteiger partial charge in [-0.05, 0) is 49.4 Å². The van der Waals surface area contributed by atoms with Gasteiger partial charge in [0.25, 0.3) is 0 Å². The van der Waals surface area contributed by atoms with Crippen molar-refractivity contribution >= 4 is 16.8 Å². The minimum absolute atomic E-state index is 0.136. The van der Waals surface area contributed by atoms with Gasteiger partial charge in [-0.15, -0.1) is 0 Å². The predicted octanol–water partition coefficient (Wildman–Crippen LogP) is 6.76. The summed E-state index contributed by atoms with van der Waals surface area (Å²) in [5, 5.41) is 23.8. The number of aliphatic hydroxyl groups excluding tert-OH is 1. The lowest BCUT2D eigenvalue weighted by molar-refractivity contribution is -0.117. The molecule has 1 aromatic heterocycles. The number of aryl methyl sites for hydroxylation is 1. The van der Waals surface area contributed by atoms with Gasteiger partial charge in [-0.3, -0.25) is 5.41 Å². The minimum Gasteiger partial charge on any atom is -0.481 e. The number of nitrogens with one attached hydrogen (secondary N) is 2. The minimum atomic E-state index is -3.78. The van der Waals surface area contributed by atoms with Gasteiger partial charge in [-0.25, -0.2) is 22.2 Å². The molecule has 0 radical (unpaired) electrons. The monoisotopic (exact) mass is 538 g/mol. The molecular formula is C28H38F4N4O2. The molecule has 1 heterocycles. The molecule has 0 amide bonds. The maximum absolute atomic E-state index is 12.9. The van der Waals surface area contributed by atoms with Gasteiger partial charge in [-0.1, -0.05) is 45.9 Å². The average molecular weight is 539 g/mol. The molecule has 0 saturated heterocycles.